The van der Waals surface area contributed by atoms with Crippen LogP contribution in [-0.4, -0.2) is 32.2 Å². The van der Waals surface area contributed by atoms with E-state index >= 15 is 0 Å². The van der Waals surface area contributed by atoms with E-state index < -0.39 is 0 Å². The molecule has 4 nitrogen and oxygen atoms in total. The zero-order valence-corrected chi connectivity index (χ0v) is 8.79. The maximum absolute atomic E-state index is 11.4. The first-order valence-corrected chi connectivity index (χ1v) is 5.29. The van der Waals surface area contributed by atoms with Gasteiger partial charge in [-0.3, -0.25) is 4.79 Å². The predicted octanol–water partition coefficient (Wildman–Crippen LogP) is 0.124. The van der Waals surface area contributed by atoms with Gasteiger partial charge in [-0.05, 0) is 18.8 Å². The van der Waals surface area contributed by atoms with Crippen molar-refractivity contribution in [2.24, 2.45) is 17.6 Å². The van der Waals surface area contributed by atoms with Crippen molar-refractivity contribution in [1.82, 2.24) is 5.32 Å². The van der Waals surface area contributed by atoms with Crippen molar-refractivity contribution < 1.29 is 9.53 Å². The number of amides is 1. The number of hydrogen-bond acceptors (Lipinski definition) is 3. The molecule has 1 aliphatic rings. The Morgan fingerprint density at radius 1 is 1.71 bits per heavy atom. The van der Waals surface area contributed by atoms with Crippen LogP contribution in [0.5, 0.6) is 0 Å². The number of rotatable bonds is 4. The van der Waals surface area contributed by atoms with Crippen LogP contribution in [0.4, 0.5) is 0 Å². The maximum atomic E-state index is 11.4. The summed E-state index contributed by atoms with van der Waals surface area (Å²) in [5.41, 5.74) is 5.40. The molecule has 1 amide bonds. The Balaban J connectivity index is 2.15. The fourth-order valence-corrected chi connectivity index (χ4v) is 1.49. The molecular weight excluding hydrogens is 180 g/mol. The lowest BCUT2D eigenvalue weighted by atomic mass is 10.0. The highest BCUT2D eigenvalue weighted by molar-refractivity contribution is 5.78. The molecule has 1 fully saturated rings. The fourth-order valence-electron chi connectivity index (χ4n) is 1.49. The van der Waals surface area contributed by atoms with Crippen LogP contribution in [0.25, 0.3) is 0 Å². The van der Waals surface area contributed by atoms with Gasteiger partial charge in [0.25, 0.3) is 0 Å². The zero-order valence-electron chi connectivity index (χ0n) is 8.79. The Bertz CT molecular complexity index is 179. The lowest BCUT2D eigenvalue weighted by Crippen LogP contribution is -2.38. The second-order valence-corrected chi connectivity index (χ2v) is 3.97. The third kappa shape index (κ3) is 3.64. The molecule has 0 aromatic rings. The summed E-state index contributed by atoms with van der Waals surface area (Å²) in [5.74, 6) is 0.454. The van der Waals surface area contributed by atoms with Crippen molar-refractivity contribution in [2.75, 3.05) is 26.3 Å². The van der Waals surface area contributed by atoms with E-state index in [0.717, 1.165) is 32.6 Å². The molecule has 2 atom stereocenters. The average Bonchev–Trinajstić information content (AvgIpc) is 2.26. The first kappa shape index (κ1) is 11.5. The molecule has 0 radical (unpaired) electrons. The lowest BCUT2D eigenvalue weighted by molar-refractivity contribution is -0.124. The highest BCUT2D eigenvalue weighted by Gasteiger charge is 2.16. The van der Waals surface area contributed by atoms with Gasteiger partial charge >= 0.3 is 0 Å². The molecule has 1 saturated heterocycles. The van der Waals surface area contributed by atoms with E-state index in [-0.39, 0.29) is 11.8 Å². The summed E-state index contributed by atoms with van der Waals surface area (Å²) in [6.45, 7) is 4.61. The van der Waals surface area contributed by atoms with E-state index in [1.807, 2.05) is 6.92 Å². The van der Waals surface area contributed by atoms with E-state index in [9.17, 15) is 4.79 Å². The largest absolute Gasteiger partial charge is 0.381 e. The summed E-state index contributed by atoms with van der Waals surface area (Å²) >= 11 is 0. The summed E-state index contributed by atoms with van der Waals surface area (Å²) in [6.07, 6.45) is 2.25. The molecule has 0 aromatic heterocycles. The minimum absolute atomic E-state index is 0.0538. The quantitative estimate of drug-likeness (QED) is 0.677. The smallest absolute Gasteiger partial charge is 0.224 e. The van der Waals surface area contributed by atoms with Gasteiger partial charge in [-0.15, -0.1) is 0 Å². The number of carbonyl (C=O) groups excluding carboxylic acids is 1. The number of carbonyl (C=O) groups is 1. The van der Waals surface area contributed by atoms with Gasteiger partial charge in [-0.1, -0.05) is 6.92 Å². The molecule has 14 heavy (non-hydrogen) atoms. The minimum atomic E-state index is -0.0838. The molecule has 2 unspecified atom stereocenters. The standard InChI is InChI=1S/C10H20N2O2/c1-8(5-11)10(13)12-6-9-3-2-4-14-7-9/h8-9H,2-7,11H2,1H3,(H,12,13). The monoisotopic (exact) mass is 200 g/mol. The van der Waals surface area contributed by atoms with Gasteiger partial charge in [0.1, 0.15) is 0 Å². The topological polar surface area (TPSA) is 64.4 Å². The number of nitrogens with two attached hydrogens (primary N) is 1. The van der Waals surface area contributed by atoms with E-state index in [0.29, 0.717) is 12.5 Å². The van der Waals surface area contributed by atoms with E-state index in [2.05, 4.69) is 5.32 Å². The van der Waals surface area contributed by atoms with Crippen molar-refractivity contribution in [3.05, 3.63) is 0 Å². The summed E-state index contributed by atoms with van der Waals surface area (Å²) in [5, 5.41) is 2.90. The summed E-state index contributed by atoms with van der Waals surface area (Å²) < 4.78 is 5.33. The number of nitrogens with one attached hydrogen (secondary N) is 1. The SMILES string of the molecule is CC(CN)C(=O)NCC1CCCOC1. The second kappa shape index (κ2) is 5.98. The van der Waals surface area contributed by atoms with Crippen LogP contribution < -0.4 is 11.1 Å². The van der Waals surface area contributed by atoms with Crippen LogP contribution in [0.3, 0.4) is 0 Å². The van der Waals surface area contributed by atoms with Gasteiger partial charge in [0.2, 0.25) is 5.91 Å². The molecule has 4 heteroatoms. The Morgan fingerprint density at radius 3 is 3.07 bits per heavy atom. The van der Waals surface area contributed by atoms with E-state index in [1.54, 1.807) is 0 Å². The van der Waals surface area contributed by atoms with E-state index in [4.69, 9.17) is 10.5 Å². The zero-order chi connectivity index (χ0) is 10.4. The molecular formula is C10H20N2O2. The first-order valence-electron chi connectivity index (χ1n) is 5.29. The molecule has 0 bridgehead atoms. The summed E-state index contributed by atoms with van der Waals surface area (Å²) in [7, 11) is 0. The molecule has 0 spiro atoms. The van der Waals surface area contributed by atoms with Crippen LogP contribution in [-0.2, 0) is 9.53 Å². The number of ether oxygens (including phenoxy) is 1. The van der Waals surface area contributed by atoms with Crippen LogP contribution in [0.15, 0.2) is 0 Å². The average molecular weight is 200 g/mol. The first-order chi connectivity index (χ1) is 6.74. The minimum Gasteiger partial charge on any atom is -0.381 e. The Kier molecular flexibility index (Phi) is 4.90. The summed E-state index contributed by atoms with van der Waals surface area (Å²) in [6, 6.07) is 0. The van der Waals surface area contributed by atoms with Crippen molar-refractivity contribution in [2.45, 2.75) is 19.8 Å². The highest BCUT2D eigenvalue weighted by Crippen LogP contribution is 2.12. The van der Waals surface area contributed by atoms with Gasteiger partial charge in [0.05, 0.1) is 6.61 Å². The van der Waals surface area contributed by atoms with Gasteiger partial charge in [0.15, 0.2) is 0 Å². The third-order valence-corrected chi connectivity index (χ3v) is 2.62. The van der Waals surface area contributed by atoms with Crippen molar-refractivity contribution >= 4 is 5.91 Å². The van der Waals surface area contributed by atoms with Gasteiger partial charge in [0, 0.05) is 25.6 Å². The van der Waals surface area contributed by atoms with Gasteiger partial charge in [-0.2, -0.15) is 0 Å². The third-order valence-electron chi connectivity index (χ3n) is 2.62. The molecule has 0 aromatic carbocycles. The van der Waals surface area contributed by atoms with Crippen LogP contribution in [0, 0.1) is 11.8 Å². The normalized spacial score (nSPS) is 24.3. The Morgan fingerprint density at radius 2 is 2.50 bits per heavy atom. The van der Waals surface area contributed by atoms with Crippen molar-refractivity contribution in [3.63, 3.8) is 0 Å². The van der Waals surface area contributed by atoms with Gasteiger partial charge in [-0.25, -0.2) is 0 Å². The Labute approximate surface area is 85.2 Å². The molecule has 3 N–H and O–H groups in total. The van der Waals surface area contributed by atoms with Crippen molar-refractivity contribution in [1.29, 1.82) is 0 Å². The highest BCUT2D eigenvalue weighted by atomic mass is 16.5. The van der Waals surface area contributed by atoms with Gasteiger partial charge < -0.3 is 15.8 Å². The maximum Gasteiger partial charge on any atom is 0.224 e. The predicted molar refractivity (Wildman–Crippen MR) is 54.8 cm³/mol. The summed E-state index contributed by atoms with van der Waals surface area (Å²) in [4.78, 5) is 11.4. The molecule has 1 rings (SSSR count). The lowest BCUT2D eigenvalue weighted by Gasteiger charge is -2.22. The van der Waals surface area contributed by atoms with Crippen molar-refractivity contribution in [3.8, 4) is 0 Å². The van der Waals surface area contributed by atoms with Crippen LogP contribution in [0.1, 0.15) is 19.8 Å². The molecule has 1 heterocycles. The molecule has 82 valence electrons. The molecule has 1 aliphatic heterocycles. The second-order valence-electron chi connectivity index (χ2n) is 3.97. The molecule has 0 aliphatic carbocycles. The number of hydrogen-bond donors (Lipinski definition) is 2. The van der Waals surface area contributed by atoms with E-state index in [1.165, 1.54) is 0 Å². The van der Waals surface area contributed by atoms with Crippen LogP contribution >= 0.6 is 0 Å². The van der Waals surface area contributed by atoms with Crippen LogP contribution in [0.2, 0.25) is 0 Å². The molecule has 0 saturated carbocycles. The Hall–Kier alpha value is -0.610. The fraction of sp³-hybridized carbons (Fsp3) is 0.900.